The third-order valence-corrected chi connectivity index (χ3v) is 2.27. The number of esters is 1. The molecule has 0 aliphatic carbocycles. The number of hydrogen-bond donors (Lipinski definition) is 0. The molecular formula is C9H15NO3. The highest BCUT2D eigenvalue weighted by molar-refractivity contribution is 5.80. The minimum absolute atomic E-state index is 0.0831. The van der Waals surface area contributed by atoms with Crippen LogP contribution in [0.25, 0.3) is 0 Å². The first-order chi connectivity index (χ1) is 6.11. The van der Waals surface area contributed by atoms with E-state index in [-0.39, 0.29) is 12.5 Å². The Hall–Kier alpha value is -1.06. The average Bonchev–Trinajstić information content (AvgIpc) is 2.47. The predicted octanol–water partition coefficient (Wildman–Crippen LogP) is 0.560. The van der Waals surface area contributed by atoms with E-state index in [1.165, 1.54) is 6.92 Å². The number of carbonyl (C=O) groups is 2. The molecule has 0 N–H and O–H groups in total. The third kappa shape index (κ3) is 2.72. The highest BCUT2D eigenvalue weighted by Crippen LogP contribution is 2.16. The number of hydrogen-bond acceptors (Lipinski definition) is 3. The van der Waals surface area contributed by atoms with E-state index in [9.17, 15) is 9.59 Å². The fraction of sp³-hybridized carbons (Fsp3) is 0.778. The highest BCUT2D eigenvalue weighted by Gasteiger charge is 2.25. The van der Waals surface area contributed by atoms with E-state index in [1.54, 1.807) is 4.90 Å². The van der Waals surface area contributed by atoms with Crippen LogP contribution in [-0.2, 0) is 14.3 Å². The molecule has 0 saturated carbocycles. The first kappa shape index (κ1) is 10.0. The van der Waals surface area contributed by atoms with Gasteiger partial charge in [0.15, 0.2) is 6.61 Å². The van der Waals surface area contributed by atoms with Crippen molar-refractivity contribution in [2.45, 2.75) is 32.7 Å². The van der Waals surface area contributed by atoms with Gasteiger partial charge in [-0.25, -0.2) is 0 Å². The van der Waals surface area contributed by atoms with Crippen LogP contribution in [0.4, 0.5) is 0 Å². The number of ether oxygens (including phenoxy) is 1. The zero-order valence-corrected chi connectivity index (χ0v) is 8.08. The minimum atomic E-state index is -0.403. The molecule has 0 aromatic rings. The lowest BCUT2D eigenvalue weighted by atomic mass is 10.2. The lowest BCUT2D eigenvalue weighted by Gasteiger charge is -2.20. The van der Waals surface area contributed by atoms with Crippen molar-refractivity contribution in [1.29, 1.82) is 0 Å². The molecule has 0 aromatic heterocycles. The monoisotopic (exact) mass is 185 g/mol. The molecule has 0 bridgehead atoms. The first-order valence-electron chi connectivity index (χ1n) is 4.54. The fourth-order valence-corrected chi connectivity index (χ4v) is 1.55. The molecule has 0 aromatic carbocycles. The quantitative estimate of drug-likeness (QED) is 0.590. The van der Waals surface area contributed by atoms with E-state index >= 15 is 0 Å². The van der Waals surface area contributed by atoms with Crippen molar-refractivity contribution in [2.75, 3.05) is 13.2 Å². The summed E-state index contributed by atoms with van der Waals surface area (Å²) in [5.41, 5.74) is 0. The molecule has 1 heterocycles. The van der Waals surface area contributed by atoms with E-state index < -0.39 is 5.97 Å². The molecule has 1 amide bonds. The molecule has 1 aliphatic rings. The number of amides is 1. The van der Waals surface area contributed by atoms with Crippen LogP contribution in [0, 0.1) is 0 Å². The number of carbonyl (C=O) groups excluding carboxylic acids is 2. The Balaban J connectivity index is 2.34. The zero-order chi connectivity index (χ0) is 9.84. The molecule has 1 aliphatic heterocycles. The van der Waals surface area contributed by atoms with Crippen molar-refractivity contribution < 1.29 is 14.3 Å². The fourth-order valence-electron chi connectivity index (χ4n) is 1.55. The summed E-state index contributed by atoms with van der Waals surface area (Å²) in [5.74, 6) is -0.486. The van der Waals surface area contributed by atoms with Crippen LogP contribution in [0.1, 0.15) is 26.7 Å². The standard InChI is InChI=1S/C9H15NO3/c1-7-4-3-5-10(7)9(12)6-13-8(2)11/h7H,3-6H2,1-2H3/t7-/m0/s1. The van der Waals surface area contributed by atoms with Crippen LogP contribution in [0.2, 0.25) is 0 Å². The van der Waals surface area contributed by atoms with Gasteiger partial charge in [-0.05, 0) is 19.8 Å². The van der Waals surface area contributed by atoms with Gasteiger partial charge in [0.2, 0.25) is 0 Å². The predicted molar refractivity (Wildman–Crippen MR) is 47.0 cm³/mol. The van der Waals surface area contributed by atoms with Gasteiger partial charge in [-0.1, -0.05) is 0 Å². The van der Waals surface area contributed by atoms with Gasteiger partial charge in [0.05, 0.1) is 0 Å². The molecule has 4 nitrogen and oxygen atoms in total. The maximum Gasteiger partial charge on any atom is 0.303 e. The maximum absolute atomic E-state index is 11.4. The van der Waals surface area contributed by atoms with Gasteiger partial charge in [0.1, 0.15) is 0 Å². The molecule has 0 radical (unpaired) electrons. The smallest absolute Gasteiger partial charge is 0.303 e. The summed E-state index contributed by atoms with van der Waals surface area (Å²) in [6, 6.07) is 0.294. The summed E-state index contributed by atoms with van der Waals surface area (Å²) in [6.45, 7) is 4.00. The summed E-state index contributed by atoms with van der Waals surface area (Å²) in [4.78, 5) is 23.6. The van der Waals surface area contributed by atoms with Crippen molar-refractivity contribution >= 4 is 11.9 Å². The van der Waals surface area contributed by atoms with Crippen LogP contribution >= 0.6 is 0 Å². The van der Waals surface area contributed by atoms with Gasteiger partial charge in [-0.15, -0.1) is 0 Å². The Kier molecular flexibility index (Phi) is 3.28. The normalized spacial score (nSPS) is 21.7. The largest absolute Gasteiger partial charge is 0.456 e. The Morgan fingerprint density at radius 2 is 2.23 bits per heavy atom. The van der Waals surface area contributed by atoms with Crippen LogP contribution in [-0.4, -0.2) is 36.0 Å². The molecule has 1 saturated heterocycles. The van der Waals surface area contributed by atoms with Gasteiger partial charge in [-0.3, -0.25) is 9.59 Å². The van der Waals surface area contributed by atoms with E-state index in [1.807, 2.05) is 6.92 Å². The molecule has 1 atom stereocenters. The molecule has 4 heteroatoms. The van der Waals surface area contributed by atoms with Crippen LogP contribution in [0.5, 0.6) is 0 Å². The van der Waals surface area contributed by atoms with Crippen molar-refractivity contribution in [3.8, 4) is 0 Å². The molecule has 1 fully saturated rings. The van der Waals surface area contributed by atoms with Gasteiger partial charge in [-0.2, -0.15) is 0 Å². The summed E-state index contributed by atoms with van der Waals surface area (Å²) in [5, 5.41) is 0. The summed E-state index contributed by atoms with van der Waals surface area (Å²) in [7, 11) is 0. The Morgan fingerprint density at radius 1 is 1.54 bits per heavy atom. The maximum atomic E-state index is 11.4. The second-order valence-electron chi connectivity index (χ2n) is 3.36. The van der Waals surface area contributed by atoms with Gasteiger partial charge in [0, 0.05) is 19.5 Å². The lowest BCUT2D eigenvalue weighted by molar-refractivity contribution is -0.150. The summed E-state index contributed by atoms with van der Waals surface area (Å²) < 4.78 is 4.63. The molecule has 74 valence electrons. The molecule has 1 rings (SSSR count). The molecule has 0 unspecified atom stereocenters. The van der Waals surface area contributed by atoms with Crippen molar-refractivity contribution in [2.24, 2.45) is 0 Å². The second-order valence-corrected chi connectivity index (χ2v) is 3.36. The van der Waals surface area contributed by atoms with Gasteiger partial charge < -0.3 is 9.64 Å². The molecule has 13 heavy (non-hydrogen) atoms. The third-order valence-electron chi connectivity index (χ3n) is 2.27. The minimum Gasteiger partial charge on any atom is -0.456 e. The summed E-state index contributed by atoms with van der Waals surface area (Å²) >= 11 is 0. The Bertz CT molecular complexity index is 215. The topological polar surface area (TPSA) is 46.6 Å². The molecule has 0 spiro atoms. The average molecular weight is 185 g/mol. The summed E-state index contributed by atoms with van der Waals surface area (Å²) in [6.07, 6.45) is 2.10. The first-order valence-corrected chi connectivity index (χ1v) is 4.54. The highest BCUT2D eigenvalue weighted by atomic mass is 16.5. The van der Waals surface area contributed by atoms with Gasteiger partial charge >= 0.3 is 5.97 Å². The Labute approximate surface area is 77.8 Å². The van der Waals surface area contributed by atoms with Crippen LogP contribution in [0.15, 0.2) is 0 Å². The number of nitrogens with zero attached hydrogens (tertiary/aromatic N) is 1. The number of rotatable bonds is 2. The van der Waals surface area contributed by atoms with E-state index in [4.69, 9.17) is 0 Å². The van der Waals surface area contributed by atoms with Crippen molar-refractivity contribution in [3.63, 3.8) is 0 Å². The Morgan fingerprint density at radius 3 is 2.69 bits per heavy atom. The van der Waals surface area contributed by atoms with E-state index in [0.717, 1.165) is 19.4 Å². The van der Waals surface area contributed by atoms with E-state index in [0.29, 0.717) is 6.04 Å². The van der Waals surface area contributed by atoms with Crippen molar-refractivity contribution in [1.82, 2.24) is 4.90 Å². The van der Waals surface area contributed by atoms with Gasteiger partial charge in [0.25, 0.3) is 5.91 Å². The second kappa shape index (κ2) is 4.25. The van der Waals surface area contributed by atoms with Crippen LogP contribution < -0.4 is 0 Å². The van der Waals surface area contributed by atoms with Crippen molar-refractivity contribution in [3.05, 3.63) is 0 Å². The SMILES string of the molecule is CC(=O)OCC(=O)N1CCC[C@@H]1C. The van der Waals surface area contributed by atoms with E-state index in [2.05, 4.69) is 4.74 Å². The zero-order valence-electron chi connectivity index (χ0n) is 8.08. The van der Waals surface area contributed by atoms with Crippen LogP contribution in [0.3, 0.4) is 0 Å². The lowest BCUT2D eigenvalue weighted by Crippen LogP contribution is -2.36. The number of likely N-dealkylation sites (tertiary alicyclic amines) is 1. The molecular weight excluding hydrogens is 170 g/mol.